The number of ether oxygens (including phenoxy) is 1. The first-order valence-electron chi connectivity index (χ1n) is 8.85. The second-order valence-electron chi connectivity index (χ2n) is 6.33. The molecule has 2 aromatic carbocycles. The van der Waals surface area contributed by atoms with Crippen LogP contribution in [0, 0.1) is 0 Å². The van der Waals surface area contributed by atoms with Crippen molar-refractivity contribution < 1.29 is 18.7 Å². The van der Waals surface area contributed by atoms with E-state index in [0.717, 1.165) is 11.8 Å². The van der Waals surface area contributed by atoms with Gasteiger partial charge in [0.15, 0.2) is 0 Å². The summed E-state index contributed by atoms with van der Waals surface area (Å²) >= 11 is 13.1. The van der Waals surface area contributed by atoms with Gasteiger partial charge in [0.1, 0.15) is 0 Å². The van der Waals surface area contributed by atoms with Crippen molar-refractivity contribution >= 4 is 52.5 Å². The number of halogens is 2. The van der Waals surface area contributed by atoms with Crippen LogP contribution >= 0.6 is 35.0 Å². The number of para-hydroxylation sites is 1. The zero-order valence-corrected chi connectivity index (χ0v) is 18.3. The Morgan fingerprint density at radius 1 is 1.17 bits per heavy atom. The molecule has 1 N–H and O–H groups in total. The largest absolute Gasteiger partial charge is 0.459 e. The first kappa shape index (κ1) is 22.1. The molecule has 3 rings (SSSR count). The Kier molecular flexibility index (Phi) is 7.36. The molecule has 0 aliphatic rings. The summed E-state index contributed by atoms with van der Waals surface area (Å²) in [5, 5.41) is 11.6. The predicted molar refractivity (Wildman–Crippen MR) is 116 cm³/mol. The Morgan fingerprint density at radius 3 is 2.67 bits per heavy atom. The molecule has 7 nitrogen and oxygen atoms in total. The predicted octanol–water partition coefficient (Wildman–Crippen LogP) is 5.34. The Labute approximate surface area is 187 Å². The van der Waals surface area contributed by atoms with E-state index in [-0.39, 0.29) is 34.4 Å². The number of carbonyl (C=O) groups excluding carboxylic acids is 2. The number of nitrogens with zero attached hydrogens (tertiary/aromatic N) is 2. The Balaban J connectivity index is 1.62. The first-order chi connectivity index (χ1) is 14.3. The highest BCUT2D eigenvalue weighted by molar-refractivity contribution is 7.99. The van der Waals surface area contributed by atoms with Crippen LogP contribution in [0.3, 0.4) is 0 Å². The van der Waals surface area contributed by atoms with Crippen molar-refractivity contribution in [2.24, 2.45) is 0 Å². The topological polar surface area (TPSA) is 94.3 Å². The Bertz CT molecular complexity index is 1070. The number of amides is 1. The molecule has 30 heavy (non-hydrogen) atoms. The fourth-order valence-electron chi connectivity index (χ4n) is 2.40. The molecule has 1 amide bonds. The van der Waals surface area contributed by atoms with Gasteiger partial charge in [-0.25, -0.2) is 4.79 Å². The number of carbonyl (C=O) groups is 2. The van der Waals surface area contributed by atoms with Crippen LogP contribution in [0.15, 0.2) is 52.1 Å². The number of anilines is 1. The van der Waals surface area contributed by atoms with Gasteiger partial charge in [0.05, 0.1) is 33.7 Å². The Hall–Kier alpha value is -2.55. The minimum atomic E-state index is -0.505. The van der Waals surface area contributed by atoms with Gasteiger partial charge >= 0.3 is 5.97 Å². The highest BCUT2D eigenvalue weighted by Crippen LogP contribution is 2.31. The van der Waals surface area contributed by atoms with E-state index in [1.54, 1.807) is 56.3 Å². The van der Waals surface area contributed by atoms with E-state index in [1.807, 2.05) is 0 Å². The molecule has 0 aliphatic heterocycles. The van der Waals surface area contributed by atoms with Gasteiger partial charge in [0.2, 0.25) is 11.8 Å². The second-order valence-corrected chi connectivity index (χ2v) is 8.10. The molecule has 0 bridgehead atoms. The van der Waals surface area contributed by atoms with E-state index >= 15 is 0 Å². The number of hydrogen-bond acceptors (Lipinski definition) is 7. The molecule has 10 heteroatoms. The maximum atomic E-state index is 12.3. The van der Waals surface area contributed by atoms with Gasteiger partial charge < -0.3 is 14.5 Å². The molecule has 1 aromatic heterocycles. The van der Waals surface area contributed by atoms with Crippen LogP contribution in [0.2, 0.25) is 10.0 Å². The van der Waals surface area contributed by atoms with Crippen LogP contribution in [-0.2, 0) is 9.53 Å². The van der Waals surface area contributed by atoms with Crippen molar-refractivity contribution in [2.75, 3.05) is 11.1 Å². The van der Waals surface area contributed by atoms with Gasteiger partial charge in [-0.1, -0.05) is 47.1 Å². The maximum Gasteiger partial charge on any atom is 0.340 e. The Morgan fingerprint density at radius 2 is 1.93 bits per heavy atom. The lowest BCUT2D eigenvalue weighted by atomic mass is 10.2. The molecule has 3 aromatic rings. The molecule has 0 radical (unpaired) electrons. The summed E-state index contributed by atoms with van der Waals surface area (Å²) in [6.45, 7) is 3.51. The second kappa shape index (κ2) is 9.97. The van der Waals surface area contributed by atoms with Crippen molar-refractivity contribution in [2.45, 2.75) is 25.2 Å². The van der Waals surface area contributed by atoms with Gasteiger partial charge in [-0.05, 0) is 44.2 Å². The normalized spacial score (nSPS) is 10.8. The third kappa shape index (κ3) is 5.75. The highest BCUT2D eigenvalue weighted by atomic mass is 35.5. The molecule has 0 fully saturated rings. The van der Waals surface area contributed by atoms with Gasteiger partial charge in [-0.3, -0.25) is 4.79 Å². The van der Waals surface area contributed by atoms with Crippen LogP contribution in [0.5, 0.6) is 0 Å². The molecule has 0 atom stereocenters. The SMILES string of the molecule is CC(C)OC(=O)c1ccccc1NC(=O)CSc1nnc(-c2ccc(Cl)cc2Cl)o1. The van der Waals surface area contributed by atoms with E-state index < -0.39 is 5.97 Å². The lowest BCUT2D eigenvalue weighted by Gasteiger charge is -2.12. The summed E-state index contributed by atoms with van der Waals surface area (Å²) in [7, 11) is 0. The minimum Gasteiger partial charge on any atom is -0.459 e. The van der Waals surface area contributed by atoms with E-state index in [1.165, 1.54) is 0 Å². The minimum absolute atomic E-state index is 0.00352. The van der Waals surface area contributed by atoms with Crippen molar-refractivity contribution in [3.05, 3.63) is 58.1 Å². The molecule has 0 saturated heterocycles. The summed E-state index contributed by atoms with van der Waals surface area (Å²) in [6.07, 6.45) is -0.266. The summed E-state index contributed by atoms with van der Waals surface area (Å²) in [5.41, 5.74) is 1.19. The van der Waals surface area contributed by atoms with Crippen molar-refractivity contribution in [3.63, 3.8) is 0 Å². The molecule has 0 spiro atoms. The zero-order chi connectivity index (χ0) is 21.7. The molecule has 156 valence electrons. The monoisotopic (exact) mass is 465 g/mol. The molecular formula is C20H17Cl2N3O4S. The number of nitrogens with one attached hydrogen (secondary N) is 1. The molecular weight excluding hydrogens is 449 g/mol. The summed E-state index contributed by atoms with van der Waals surface area (Å²) in [6, 6.07) is 11.5. The zero-order valence-electron chi connectivity index (χ0n) is 16.0. The molecule has 0 aliphatic carbocycles. The van der Waals surface area contributed by atoms with Gasteiger partial charge in [0, 0.05) is 5.02 Å². The standard InChI is InChI=1S/C20H17Cl2N3O4S/c1-11(2)28-19(27)14-5-3-4-6-16(14)23-17(26)10-30-20-25-24-18(29-20)13-8-7-12(21)9-15(13)22/h3-9,11H,10H2,1-2H3,(H,23,26). The molecule has 1 heterocycles. The van der Waals surface area contributed by atoms with Crippen LogP contribution in [-0.4, -0.2) is 33.9 Å². The van der Waals surface area contributed by atoms with E-state index in [2.05, 4.69) is 15.5 Å². The number of hydrogen-bond donors (Lipinski definition) is 1. The molecule has 0 unspecified atom stereocenters. The van der Waals surface area contributed by atoms with Crippen LogP contribution in [0.4, 0.5) is 5.69 Å². The third-order valence-electron chi connectivity index (χ3n) is 3.66. The lowest BCUT2D eigenvalue weighted by molar-refractivity contribution is -0.113. The van der Waals surface area contributed by atoms with Gasteiger partial charge in [0.25, 0.3) is 5.22 Å². The van der Waals surface area contributed by atoms with Crippen LogP contribution in [0.1, 0.15) is 24.2 Å². The number of esters is 1. The van der Waals surface area contributed by atoms with E-state index in [9.17, 15) is 9.59 Å². The average Bonchev–Trinajstić information content (AvgIpc) is 3.15. The quantitative estimate of drug-likeness (QED) is 0.371. The summed E-state index contributed by atoms with van der Waals surface area (Å²) in [5.74, 6) is -0.617. The van der Waals surface area contributed by atoms with Crippen LogP contribution < -0.4 is 5.32 Å². The number of aromatic nitrogens is 2. The van der Waals surface area contributed by atoms with E-state index in [4.69, 9.17) is 32.4 Å². The van der Waals surface area contributed by atoms with Crippen molar-refractivity contribution in [1.29, 1.82) is 0 Å². The van der Waals surface area contributed by atoms with Gasteiger partial charge in [-0.15, -0.1) is 10.2 Å². The smallest absolute Gasteiger partial charge is 0.340 e. The van der Waals surface area contributed by atoms with Crippen molar-refractivity contribution in [1.82, 2.24) is 10.2 Å². The number of benzene rings is 2. The average molecular weight is 466 g/mol. The fraction of sp³-hybridized carbons (Fsp3) is 0.200. The van der Waals surface area contributed by atoms with E-state index in [0.29, 0.717) is 21.3 Å². The summed E-state index contributed by atoms with van der Waals surface area (Å²) in [4.78, 5) is 24.5. The highest BCUT2D eigenvalue weighted by Gasteiger charge is 2.17. The van der Waals surface area contributed by atoms with Gasteiger partial charge in [-0.2, -0.15) is 0 Å². The fourth-order valence-corrected chi connectivity index (χ4v) is 3.45. The lowest BCUT2D eigenvalue weighted by Crippen LogP contribution is -2.18. The summed E-state index contributed by atoms with van der Waals surface area (Å²) < 4.78 is 10.8. The van der Waals surface area contributed by atoms with Crippen LogP contribution in [0.25, 0.3) is 11.5 Å². The number of rotatable bonds is 7. The van der Waals surface area contributed by atoms with Crippen molar-refractivity contribution in [3.8, 4) is 11.5 Å². The third-order valence-corrected chi connectivity index (χ3v) is 5.02. The number of thioether (sulfide) groups is 1. The first-order valence-corrected chi connectivity index (χ1v) is 10.6. The molecule has 0 saturated carbocycles. The maximum absolute atomic E-state index is 12.3.